The molecule has 0 aliphatic heterocycles. The first kappa shape index (κ1) is 13.1. The summed E-state index contributed by atoms with van der Waals surface area (Å²) in [5, 5.41) is 9.05. The number of hydrogen-bond donors (Lipinski definition) is 2. The van der Waals surface area contributed by atoms with E-state index < -0.39 is 35.7 Å². The summed E-state index contributed by atoms with van der Waals surface area (Å²) < 4.78 is 37.4. The molecule has 1 atom stereocenters. The molecule has 80 valence electrons. The lowest BCUT2D eigenvalue weighted by molar-refractivity contribution is 0.397. The zero-order valence-electron chi connectivity index (χ0n) is 7.01. The van der Waals surface area contributed by atoms with Crippen LogP contribution in [0.1, 0.15) is 11.6 Å². The largest absolute Gasteiger partial charge is 0.507 e. The van der Waals surface area contributed by atoms with Gasteiger partial charge in [-0.15, -0.1) is 12.4 Å². The van der Waals surface area contributed by atoms with Crippen molar-refractivity contribution < 1.29 is 18.3 Å². The van der Waals surface area contributed by atoms with Crippen molar-refractivity contribution in [3.8, 4) is 5.75 Å². The van der Waals surface area contributed by atoms with E-state index in [4.69, 9.17) is 10.8 Å². The van der Waals surface area contributed by atoms with Gasteiger partial charge in [-0.3, -0.25) is 0 Å². The number of phenols is 1. The van der Waals surface area contributed by atoms with E-state index in [9.17, 15) is 13.2 Å². The lowest BCUT2D eigenvalue weighted by Crippen LogP contribution is -2.14. The van der Waals surface area contributed by atoms with Gasteiger partial charge in [-0.25, -0.2) is 13.2 Å². The minimum absolute atomic E-state index is 0. The van der Waals surface area contributed by atoms with Gasteiger partial charge in [-0.1, -0.05) is 0 Å². The normalized spacial score (nSPS) is 12.0. The summed E-state index contributed by atoms with van der Waals surface area (Å²) in [6.07, 6.45) is 0. The minimum Gasteiger partial charge on any atom is -0.507 e. The number of nitrogens with two attached hydrogens (primary N) is 1. The van der Waals surface area contributed by atoms with E-state index in [1.165, 1.54) is 0 Å². The standard InChI is InChI=1S/C8H8F3NO.ClH/c9-3-6(12)8-5(11)1-4(10)2-7(8)13;/h1-2,6,13H,3,12H2;1H/t6-;/m0./s1. The molecule has 0 radical (unpaired) electrons. The molecule has 0 spiro atoms. The van der Waals surface area contributed by atoms with Gasteiger partial charge in [0.25, 0.3) is 0 Å². The summed E-state index contributed by atoms with van der Waals surface area (Å²) >= 11 is 0. The maximum Gasteiger partial charge on any atom is 0.134 e. The highest BCUT2D eigenvalue weighted by Gasteiger charge is 2.17. The van der Waals surface area contributed by atoms with Crippen LogP contribution in [0.3, 0.4) is 0 Å². The number of aromatic hydroxyl groups is 1. The quantitative estimate of drug-likeness (QED) is 0.813. The molecule has 14 heavy (non-hydrogen) atoms. The molecule has 0 unspecified atom stereocenters. The van der Waals surface area contributed by atoms with Crippen LogP contribution in [-0.2, 0) is 0 Å². The summed E-state index contributed by atoms with van der Waals surface area (Å²) in [5.74, 6) is -2.63. The molecule has 0 amide bonds. The highest BCUT2D eigenvalue weighted by atomic mass is 35.5. The Morgan fingerprint density at radius 1 is 1.36 bits per heavy atom. The molecule has 6 heteroatoms. The van der Waals surface area contributed by atoms with Crippen LogP contribution in [0.15, 0.2) is 12.1 Å². The van der Waals surface area contributed by atoms with Crippen LogP contribution in [-0.4, -0.2) is 11.8 Å². The van der Waals surface area contributed by atoms with E-state index in [1.807, 2.05) is 0 Å². The van der Waals surface area contributed by atoms with Crippen molar-refractivity contribution in [2.45, 2.75) is 6.04 Å². The van der Waals surface area contributed by atoms with Gasteiger partial charge in [-0.05, 0) is 0 Å². The Balaban J connectivity index is 0.00000169. The number of halogens is 4. The average Bonchev–Trinajstić information content (AvgIpc) is 2.02. The van der Waals surface area contributed by atoms with E-state index >= 15 is 0 Å². The van der Waals surface area contributed by atoms with Crippen molar-refractivity contribution in [1.29, 1.82) is 0 Å². The number of alkyl halides is 1. The molecule has 0 aromatic heterocycles. The van der Waals surface area contributed by atoms with Crippen LogP contribution in [0.5, 0.6) is 5.75 Å². The predicted molar refractivity (Wildman–Crippen MR) is 48.2 cm³/mol. The van der Waals surface area contributed by atoms with Gasteiger partial charge in [0, 0.05) is 17.7 Å². The monoisotopic (exact) mass is 227 g/mol. The molecule has 0 aliphatic rings. The van der Waals surface area contributed by atoms with Crippen molar-refractivity contribution in [2.75, 3.05) is 6.67 Å². The number of phenolic OH excluding ortho intramolecular Hbond substituents is 1. The van der Waals surface area contributed by atoms with Crippen LogP contribution in [0.2, 0.25) is 0 Å². The lowest BCUT2D eigenvalue weighted by atomic mass is 10.1. The number of rotatable bonds is 2. The first-order valence-corrected chi connectivity index (χ1v) is 3.55. The van der Waals surface area contributed by atoms with Crippen LogP contribution < -0.4 is 5.73 Å². The Morgan fingerprint density at radius 2 is 1.93 bits per heavy atom. The van der Waals surface area contributed by atoms with Crippen molar-refractivity contribution >= 4 is 12.4 Å². The fourth-order valence-corrected chi connectivity index (χ4v) is 1.02. The van der Waals surface area contributed by atoms with E-state index in [1.54, 1.807) is 0 Å². The predicted octanol–water partition coefficient (Wildman–Crippen LogP) is 2.06. The highest BCUT2D eigenvalue weighted by molar-refractivity contribution is 5.85. The minimum atomic E-state index is -1.26. The molecule has 0 heterocycles. The fourth-order valence-electron chi connectivity index (χ4n) is 1.02. The van der Waals surface area contributed by atoms with Crippen LogP contribution in [0, 0.1) is 11.6 Å². The van der Waals surface area contributed by atoms with Crippen molar-refractivity contribution in [1.82, 2.24) is 0 Å². The molecule has 1 aromatic carbocycles. The van der Waals surface area contributed by atoms with Crippen molar-refractivity contribution in [2.24, 2.45) is 5.73 Å². The molecular weight excluding hydrogens is 219 g/mol. The van der Waals surface area contributed by atoms with Gasteiger partial charge in [0.2, 0.25) is 0 Å². The number of benzene rings is 1. The molecule has 2 nitrogen and oxygen atoms in total. The van der Waals surface area contributed by atoms with E-state index in [0.717, 1.165) is 0 Å². The van der Waals surface area contributed by atoms with E-state index in [2.05, 4.69) is 0 Å². The van der Waals surface area contributed by atoms with Crippen LogP contribution in [0.4, 0.5) is 13.2 Å². The van der Waals surface area contributed by atoms with Gasteiger partial charge in [-0.2, -0.15) is 0 Å². The summed E-state index contributed by atoms with van der Waals surface area (Å²) in [5.41, 5.74) is 4.75. The van der Waals surface area contributed by atoms with Gasteiger partial charge in [0.1, 0.15) is 24.1 Å². The SMILES string of the molecule is Cl.N[C@@H](CF)c1c(O)cc(F)cc1F. The van der Waals surface area contributed by atoms with E-state index in [0.29, 0.717) is 12.1 Å². The van der Waals surface area contributed by atoms with Crippen LogP contribution in [0.25, 0.3) is 0 Å². The lowest BCUT2D eigenvalue weighted by Gasteiger charge is -2.10. The third kappa shape index (κ3) is 2.52. The molecular formula is C8H9ClF3NO. The zero-order chi connectivity index (χ0) is 10.0. The third-order valence-corrected chi connectivity index (χ3v) is 1.61. The summed E-state index contributed by atoms with van der Waals surface area (Å²) in [6.45, 7) is -1.02. The second kappa shape index (κ2) is 5.07. The molecule has 3 N–H and O–H groups in total. The second-order valence-corrected chi connectivity index (χ2v) is 2.58. The van der Waals surface area contributed by atoms with Gasteiger partial charge < -0.3 is 10.8 Å². The smallest absolute Gasteiger partial charge is 0.134 e. The molecule has 0 saturated carbocycles. The van der Waals surface area contributed by atoms with Gasteiger partial charge in [0.15, 0.2) is 0 Å². The van der Waals surface area contributed by atoms with Gasteiger partial charge in [0.05, 0.1) is 6.04 Å². The summed E-state index contributed by atoms with van der Waals surface area (Å²) in [7, 11) is 0. The maximum atomic E-state index is 12.9. The summed E-state index contributed by atoms with van der Waals surface area (Å²) in [4.78, 5) is 0. The third-order valence-electron chi connectivity index (χ3n) is 1.61. The number of hydrogen-bond acceptors (Lipinski definition) is 2. The van der Waals surface area contributed by atoms with Crippen molar-refractivity contribution in [3.05, 3.63) is 29.3 Å². The Hall–Kier alpha value is -0.940. The zero-order valence-corrected chi connectivity index (χ0v) is 7.82. The van der Waals surface area contributed by atoms with Gasteiger partial charge >= 0.3 is 0 Å². The topological polar surface area (TPSA) is 46.2 Å². The Morgan fingerprint density at radius 3 is 2.36 bits per heavy atom. The van der Waals surface area contributed by atoms with Crippen LogP contribution >= 0.6 is 12.4 Å². The molecule has 0 saturated heterocycles. The fraction of sp³-hybridized carbons (Fsp3) is 0.250. The Kier molecular flexibility index (Phi) is 4.73. The molecule has 1 aromatic rings. The highest BCUT2D eigenvalue weighted by Crippen LogP contribution is 2.26. The second-order valence-electron chi connectivity index (χ2n) is 2.58. The molecule has 0 bridgehead atoms. The molecule has 0 fully saturated rings. The molecule has 1 rings (SSSR count). The van der Waals surface area contributed by atoms with E-state index in [-0.39, 0.29) is 12.4 Å². The Bertz CT molecular complexity index is 298. The first-order chi connectivity index (χ1) is 6.06. The Labute approximate surface area is 84.9 Å². The maximum absolute atomic E-state index is 12.9. The first-order valence-electron chi connectivity index (χ1n) is 3.55. The molecule has 0 aliphatic carbocycles. The average molecular weight is 228 g/mol. The van der Waals surface area contributed by atoms with Crippen molar-refractivity contribution in [3.63, 3.8) is 0 Å². The summed E-state index contributed by atoms with van der Waals surface area (Å²) in [6, 6.07) is -0.0287.